The molecule has 0 bridgehead atoms. The number of aromatic nitrogens is 1. The molecule has 0 radical (unpaired) electrons. The Bertz CT molecular complexity index is 953. The summed E-state index contributed by atoms with van der Waals surface area (Å²) >= 11 is 5.89. The van der Waals surface area contributed by atoms with Crippen LogP contribution in [0.2, 0.25) is 5.02 Å². The van der Waals surface area contributed by atoms with Crippen LogP contribution in [0.3, 0.4) is 0 Å². The van der Waals surface area contributed by atoms with E-state index in [1.54, 1.807) is 24.3 Å². The minimum atomic E-state index is -4.59. The number of benzene rings is 2. The van der Waals surface area contributed by atoms with Crippen molar-refractivity contribution in [1.29, 1.82) is 0 Å². The largest absolute Gasteiger partial charge is 0.416 e. The van der Waals surface area contributed by atoms with Crippen LogP contribution in [-0.2, 0) is 6.18 Å². The highest BCUT2D eigenvalue weighted by molar-refractivity contribution is 6.31. The van der Waals surface area contributed by atoms with Gasteiger partial charge in [-0.2, -0.15) is 13.2 Å². The van der Waals surface area contributed by atoms with Gasteiger partial charge in [-0.05, 0) is 35.9 Å². The van der Waals surface area contributed by atoms with Crippen molar-refractivity contribution < 1.29 is 23.1 Å². The Labute approximate surface area is 151 Å². The van der Waals surface area contributed by atoms with E-state index in [2.05, 4.69) is 10.3 Å². The second kappa shape index (κ2) is 7.01. The minimum Gasteiger partial charge on any atom is -0.387 e. The van der Waals surface area contributed by atoms with Crippen LogP contribution in [0.25, 0.3) is 10.9 Å². The monoisotopic (exact) mass is 382 g/mol. The summed E-state index contributed by atoms with van der Waals surface area (Å²) < 4.78 is 39.0. The summed E-state index contributed by atoms with van der Waals surface area (Å²) in [6.07, 6.45) is -6.08. The molecule has 1 atom stereocenters. The van der Waals surface area contributed by atoms with Gasteiger partial charge in [-0.25, -0.2) is 0 Å². The molecule has 3 N–H and O–H groups in total. The van der Waals surface area contributed by atoms with Crippen LogP contribution in [0.1, 0.15) is 27.7 Å². The highest BCUT2D eigenvalue weighted by atomic mass is 35.5. The van der Waals surface area contributed by atoms with Crippen LogP contribution >= 0.6 is 11.6 Å². The fourth-order valence-electron chi connectivity index (χ4n) is 2.67. The number of halogens is 4. The number of aromatic amines is 1. The maximum absolute atomic E-state index is 13.0. The molecule has 3 aromatic rings. The van der Waals surface area contributed by atoms with Crippen molar-refractivity contribution in [1.82, 2.24) is 10.3 Å². The standard InChI is InChI=1S/C18H14ClF3N2O2/c19-11-5-6-14-10(7-11)8-15(24-14)17(26)23-9-16(25)12-3-1-2-4-13(12)18(20,21)22/h1-8,16,24-25H,9H2,(H,23,26). The molecular weight excluding hydrogens is 369 g/mol. The van der Waals surface area contributed by atoms with E-state index < -0.39 is 23.8 Å². The molecule has 4 nitrogen and oxygen atoms in total. The second-order valence-electron chi connectivity index (χ2n) is 5.73. The lowest BCUT2D eigenvalue weighted by Crippen LogP contribution is -2.29. The van der Waals surface area contributed by atoms with Crippen LogP contribution in [-0.4, -0.2) is 22.5 Å². The molecular formula is C18H14ClF3N2O2. The van der Waals surface area contributed by atoms with Crippen LogP contribution in [0.15, 0.2) is 48.5 Å². The molecule has 0 saturated heterocycles. The van der Waals surface area contributed by atoms with Crippen molar-refractivity contribution in [2.75, 3.05) is 6.54 Å². The molecule has 8 heteroatoms. The maximum Gasteiger partial charge on any atom is 0.416 e. The van der Waals surface area contributed by atoms with Crippen LogP contribution in [0, 0.1) is 0 Å². The molecule has 1 amide bonds. The average Bonchev–Trinajstić information content (AvgIpc) is 3.01. The summed E-state index contributed by atoms with van der Waals surface area (Å²) in [5.74, 6) is -0.541. The van der Waals surface area contributed by atoms with Gasteiger partial charge >= 0.3 is 6.18 Å². The Hall–Kier alpha value is -2.51. The summed E-state index contributed by atoms with van der Waals surface area (Å²) in [6.45, 7) is -0.359. The quantitative estimate of drug-likeness (QED) is 0.629. The van der Waals surface area contributed by atoms with Crippen molar-refractivity contribution in [2.24, 2.45) is 0 Å². The molecule has 26 heavy (non-hydrogen) atoms. The fourth-order valence-corrected chi connectivity index (χ4v) is 2.85. The highest BCUT2D eigenvalue weighted by Crippen LogP contribution is 2.34. The molecule has 0 aliphatic carbocycles. The van der Waals surface area contributed by atoms with Crippen molar-refractivity contribution in [3.63, 3.8) is 0 Å². The number of rotatable bonds is 4. The van der Waals surface area contributed by atoms with Crippen molar-refractivity contribution in [2.45, 2.75) is 12.3 Å². The predicted molar refractivity (Wildman–Crippen MR) is 92.0 cm³/mol. The first-order valence-electron chi connectivity index (χ1n) is 7.66. The van der Waals surface area contributed by atoms with Gasteiger partial charge in [-0.1, -0.05) is 29.8 Å². The molecule has 0 spiro atoms. The second-order valence-corrected chi connectivity index (χ2v) is 6.16. The van der Waals surface area contributed by atoms with E-state index in [1.165, 1.54) is 18.2 Å². The lowest BCUT2D eigenvalue weighted by molar-refractivity contribution is -0.139. The summed E-state index contributed by atoms with van der Waals surface area (Å²) in [6, 6.07) is 11.4. The third-order valence-corrected chi connectivity index (χ3v) is 4.14. The van der Waals surface area contributed by atoms with Gasteiger partial charge in [0.25, 0.3) is 5.91 Å². The Morgan fingerprint density at radius 3 is 2.65 bits per heavy atom. The predicted octanol–water partition coefficient (Wildman–Crippen LogP) is 4.30. The number of H-pyrrole nitrogens is 1. The zero-order chi connectivity index (χ0) is 18.9. The average molecular weight is 383 g/mol. The fraction of sp³-hybridized carbons (Fsp3) is 0.167. The van der Waals surface area contributed by atoms with Gasteiger partial charge in [-0.15, -0.1) is 0 Å². The van der Waals surface area contributed by atoms with E-state index in [0.29, 0.717) is 10.5 Å². The van der Waals surface area contributed by atoms with Gasteiger partial charge in [-0.3, -0.25) is 4.79 Å². The Morgan fingerprint density at radius 2 is 1.92 bits per heavy atom. The van der Waals surface area contributed by atoms with Crippen molar-refractivity contribution in [3.05, 3.63) is 70.4 Å². The van der Waals surface area contributed by atoms with Gasteiger partial charge in [0, 0.05) is 22.5 Å². The van der Waals surface area contributed by atoms with Crippen molar-refractivity contribution >= 4 is 28.4 Å². The minimum absolute atomic E-state index is 0.221. The first-order chi connectivity index (χ1) is 12.3. The van der Waals surface area contributed by atoms with Gasteiger partial charge in [0.1, 0.15) is 5.69 Å². The smallest absolute Gasteiger partial charge is 0.387 e. The van der Waals surface area contributed by atoms with E-state index in [0.717, 1.165) is 11.5 Å². The number of nitrogens with one attached hydrogen (secondary N) is 2. The van der Waals surface area contributed by atoms with Crippen LogP contribution in [0.4, 0.5) is 13.2 Å². The topological polar surface area (TPSA) is 65.1 Å². The molecule has 1 heterocycles. The third-order valence-electron chi connectivity index (χ3n) is 3.91. The number of fused-ring (bicyclic) bond motifs is 1. The normalized spacial score (nSPS) is 13.0. The van der Waals surface area contributed by atoms with Crippen LogP contribution in [0.5, 0.6) is 0 Å². The Balaban J connectivity index is 1.73. The number of amides is 1. The number of aliphatic hydroxyl groups is 1. The van der Waals surface area contributed by atoms with Gasteiger partial charge in [0.05, 0.1) is 11.7 Å². The maximum atomic E-state index is 13.0. The molecule has 0 aliphatic rings. The molecule has 0 fully saturated rings. The number of hydrogen-bond acceptors (Lipinski definition) is 2. The van der Waals surface area contributed by atoms with E-state index in [9.17, 15) is 23.1 Å². The Kier molecular flexibility index (Phi) is 4.93. The van der Waals surface area contributed by atoms with E-state index in [-0.39, 0.29) is 17.8 Å². The van der Waals surface area contributed by atoms with Gasteiger partial charge < -0.3 is 15.4 Å². The first kappa shape index (κ1) is 18.3. The van der Waals surface area contributed by atoms with E-state index >= 15 is 0 Å². The van der Waals surface area contributed by atoms with E-state index in [1.807, 2.05) is 0 Å². The van der Waals surface area contributed by atoms with Crippen molar-refractivity contribution in [3.8, 4) is 0 Å². The number of hydrogen-bond donors (Lipinski definition) is 3. The molecule has 2 aromatic carbocycles. The highest BCUT2D eigenvalue weighted by Gasteiger charge is 2.34. The number of alkyl halides is 3. The zero-order valence-corrected chi connectivity index (χ0v) is 14.0. The zero-order valence-electron chi connectivity index (χ0n) is 13.3. The molecule has 3 rings (SSSR count). The molecule has 1 unspecified atom stereocenters. The van der Waals surface area contributed by atoms with Crippen LogP contribution < -0.4 is 5.32 Å². The number of carbonyl (C=O) groups is 1. The van der Waals surface area contributed by atoms with Gasteiger partial charge in [0.15, 0.2) is 0 Å². The lowest BCUT2D eigenvalue weighted by atomic mass is 10.0. The molecule has 1 aromatic heterocycles. The summed E-state index contributed by atoms with van der Waals surface area (Å²) in [5.41, 5.74) is -0.299. The molecule has 0 aliphatic heterocycles. The third kappa shape index (κ3) is 3.84. The summed E-state index contributed by atoms with van der Waals surface area (Å²) in [4.78, 5) is 15.1. The summed E-state index contributed by atoms with van der Waals surface area (Å²) in [5, 5.41) is 13.8. The SMILES string of the molecule is O=C(NCC(O)c1ccccc1C(F)(F)F)c1cc2cc(Cl)ccc2[nH]1. The lowest BCUT2D eigenvalue weighted by Gasteiger charge is -2.17. The van der Waals surface area contributed by atoms with E-state index in [4.69, 9.17) is 11.6 Å². The molecule has 0 saturated carbocycles. The number of carbonyl (C=O) groups excluding carboxylic acids is 1. The number of aliphatic hydroxyl groups excluding tert-OH is 1. The van der Waals surface area contributed by atoms with Gasteiger partial charge in [0.2, 0.25) is 0 Å². The molecule has 136 valence electrons. The summed E-state index contributed by atoms with van der Waals surface area (Å²) in [7, 11) is 0. The Morgan fingerprint density at radius 1 is 1.19 bits per heavy atom. The first-order valence-corrected chi connectivity index (χ1v) is 8.04.